The molecule has 29 heavy (non-hydrogen) atoms. The predicted octanol–water partition coefficient (Wildman–Crippen LogP) is 6.00. The van der Waals surface area contributed by atoms with E-state index in [0.717, 1.165) is 23.7 Å². The molecule has 5 aliphatic carbocycles. The molecule has 0 aromatic heterocycles. The smallest absolute Gasteiger partial charge is 0.146 e. The number of ether oxygens (including phenoxy) is 2. The molecule has 0 bridgehead atoms. The molecule has 0 aliphatic heterocycles. The van der Waals surface area contributed by atoms with Crippen LogP contribution >= 0.6 is 0 Å². The van der Waals surface area contributed by atoms with Crippen molar-refractivity contribution in [2.24, 2.45) is 46.3 Å². The number of carbonyl (C=O) groups excluding carboxylic acids is 1. The Labute approximate surface area is 177 Å². The van der Waals surface area contributed by atoms with Crippen LogP contribution in [-0.4, -0.2) is 25.8 Å². The van der Waals surface area contributed by atoms with Crippen molar-refractivity contribution in [2.45, 2.75) is 97.0 Å². The second-order valence-electron chi connectivity index (χ2n) is 11.7. The van der Waals surface area contributed by atoms with E-state index in [1.165, 1.54) is 77.0 Å². The summed E-state index contributed by atoms with van der Waals surface area (Å²) in [6.45, 7) is 4.97. The highest BCUT2D eigenvalue weighted by molar-refractivity contribution is 5.78. The van der Waals surface area contributed by atoms with Gasteiger partial charge in [-0.25, -0.2) is 0 Å². The minimum absolute atomic E-state index is 0.380. The molecular weight excluding hydrogens is 360 g/mol. The third-order valence-corrected chi connectivity index (χ3v) is 11.0. The Balaban J connectivity index is 1.35. The van der Waals surface area contributed by atoms with Gasteiger partial charge in [0.2, 0.25) is 0 Å². The van der Waals surface area contributed by atoms with Gasteiger partial charge in [-0.15, -0.1) is 0 Å². The van der Waals surface area contributed by atoms with Crippen LogP contribution in [-0.2, 0) is 14.3 Å². The Morgan fingerprint density at radius 2 is 1.76 bits per heavy atom. The molecule has 3 unspecified atom stereocenters. The molecule has 0 aromatic carbocycles. The van der Waals surface area contributed by atoms with Crippen LogP contribution in [0.1, 0.15) is 90.9 Å². The van der Waals surface area contributed by atoms with Gasteiger partial charge in [0, 0.05) is 13.0 Å². The van der Waals surface area contributed by atoms with Crippen LogP contribution < -0.4 is 0 Å². The van der Waals surface area contributed by atoms with Crippen molar-refractivity contribution < 1.29 is 14.3 Å². The van der Waals surface area contributed by atoms with Gasteiger partial charge in [0.1, 0.15) is 12.6 Å². The first kappa shape index (κ1) is 20.5. The fourth-order valence-corrected chi connectivity index (χ4v) is 9.82. The van der Waals surface area contributed by atoms with E-state index < -0.39 is 0 Å². The molecule has 3 heteroatoms. The maximum absolute atomic E-state index is 12.4. The van der Waals surface area contributed by atoms with Gasteiger partial charge in [0.15, 0.2) is 0 Å². The summed E-state index contributed by atoms with van der Waals surface area (Å²) in [6.07, 6.45) is 16.5. The molecular formula is C26H42O3. The quantitative estimate of drug-likeness (QED) is 0.541. The fourth-order valence-electron chi connectivity index (χ4n) is 9.82. The summed E-state index contributed by atoms with van der Waals surface area (Å²) in [4.78, 5) is 12.4. The average Bonchev–Trinajstić information content (AvgIpc) is 3.12. The van der Waals surface area contributed by atoms with Crippen molar-refractivity contribution in [2.75, 3.05) is 13.9 Å². The van der Waals surface area contributed by atoms with Crippen LogP contribution in [0.15, 0.2) is 0 Å². The second-order valence-corrected chi connectivity index (χ2v) is 11.7. The van der Waals surface area contributed by atoms with E-state index in [1.807, 2.05) is 6.92 Å². The van der Waals surface area contributed by atoms with E-state index in [1.54, 1.807) is 7.11 Å². The van der Waals surface area contributed by atoms with E-state index in [0.29, 0.717) is 41.3 Å². The minimum Gasteiger partial charge on any atom is -0.359 e. The van der Waals surface area contributed by atoms with Crippen molar-refractivity contribution in [1.82, 2.24) is 0 Å². The summed E-state index contributed by atoms with van der Waals surface area (Å²) in [5.41, 5.74) is 1.04. The van der Waals surface area contributed by atoms with Crippen molar-refractivity contribution >= 4 is 5.78 Å². The van der Waals surface area contributed by atoms with E-state index in [2.05, 4.69) is 6.92 Å². The minimum atomic E-state index is 0.380. The molecule has 0 amide bonds. The van der Waals surface area contributed by atoms with E-state index in [-0.39, 0.29) is 0 Å². The molecule has 1 spiro atoms. The summed E-state index contributed by atoms with van der Waals surface area (Å²) in [5, 5.41) is 0. The fraction of sp³-hybridized carbons (Fsp3) is 0.962. The normalized spacial score (nSPS) is 51.5. The van der Waals surface area contributed by atoms with Gasteiger partial charge in [0.25, 0.3) is 0 Å². The molecule has 0 radical (unpaired) electrons. The molecule has 0 saturated heterocycles. The Hall–Kier alpha value is -0.410. The Bertz CT molecular complexity index is 631. The number of carbonyl (C=O) groups is 1. The average molecular weight is 403 g/mol. The highest BCUT2D eigenvalue weighted by atomic mass is 16.7. The molecule has 5 aliphatic rings. The van der Waals surface area contributed by atoms with Gasteiger partial charge >= 0.3 is 0 Å². The molecule has 0 aromatic rings. The number of rotatable bonds is 4. The molecule has 0 heterocycles. The van der Waals surface area contributed by atoms with Crippen molar-refractivity contribution in [3.05, 3.63) is 0 Å². The molecule has 3 nitrogen and oxygen atoms in total. The lowest BCUT2D eigenvalue weighted by molar-refractivity contribution is -0.161. The Kier molecular flexibility index (Phi) is 5.39. The largest absolute Gasteiger partial charge is 0.359 e. The van der Waals surface area contributed by atoms with Crippen LogP contribution in [0.25, 0.3) is 0 Å². The molecule has 164 valence electrons. The van der Waals surface area contributed by atoms with Crippen molar-refractivity contribution in [3.8, 4) is 0 Å². The van der Waals surface area contributed by atoms with E-state index in [4.69, 9.17) is 9.47 Å². The summed E-state index contributed by atoms with van der Waals surface area (Å²) >= 11 is 0. The first-order valence-corrected chi connectivity index (χ1v) is 12.6. The number of fused-ring (bicyclic) bond motifs is 4. The van der Waals surface area contributed by atoms with Crippen molar-refractivity contribution in [1.29, 1.82) is 0 Å². The third-order valence-electron chi connectivity index (χ3n) is 11.0. The predicted molar refractivity (Wildman–Crippen MR) is 114 cm³/mol. The number of Topliss-reactive ketones (excluding diaryl/α,β-unsaturated/α-hetero) is 1. The number of ketones is 1. The van der Waals surface area contributed by atoms with Gasteiger partial charge in [-0.2, -0.15) is 0 Å². The van der Waals surface area contributed by atoms with Crippen LogP contribution in [0.4, 0.5) is 0 Å². The van der Waals surface area contributed by atoms with Gasteiger partial charge in [0.05, 0.1) is 6.10 Å². The standard InChI is InChI=1S/C26H42O3/c1-17(27)20-5-4-12-26-14-11-22-21(24(26)9-8-23(20)26)7-6-18-15-19(29-16-28-3)10-13-25(18,22)2/h18-24H,4-16H2,1-3H3/t18-,19+,20-,21?,22?,23+,24?,25-,26-/m0/s1. The number of methoxy groups -OCH3 is 1. The highest BCUT2D eigenvalue weighted by Crippen LogP contribution is 2.70. The zero-order chi connectivity index (χ0) is 20.2. The van der Waals surface area contributed by atoms with E-state index in [9.17, 15) is 4.79 Å². The van der Waals surface area contributed by atoms with Crippen LogP contribution in [0, 0.1) is 46.3 Å². The van der Waals surface area contributed by atoms with E-state index >= 15 is 0 Å². The molecule has 5 fully saturated rings. The van der Waals surface area contributed by atoms with Gasteiger partial charge in [-0.05, 0) is 118 Å². The zero-order valence-electron chi connectivity index (χ0n) is 19.0. The van der Waals surface area contributed by atoms with Crippen LogP contribution in [0.5, 0.6) is 0 Å². The van der Waals surface area contributed by atoms with Crippen molar-refractivity contribution in [3.63, 3.8) is 0 Å². The summed E-state index contributed by atoms with van der Waals surface area (Å²) < 4.78 is 11.1. The summed E-state index contributed by atoms with van der Waals surface area (Å²) in [7, 11) is 1.73. The van der Waals surface area contributed by atoms with Gasteiger partial charge < -0.3 is 9.47 Å². The maximum Gasteiger partial charge on any atom is 0.146 e. The third kappa shape index (κ3) is 3.08. The van der Waals surface area contributed by atoms with Gasteiger partial charge in [-0.1, -0.05) is 13.3 Å². The van der Waals surface area contributed by atoms with Crippen LogP contribution in [0.3, 0.4) is 0 Å². The lowest BCUT2D eigenvalue weighted by Crippen LogP contribution is -2.55. The molecule has 5 rings (SSSR count). The first-order chi connectivity index (χ1) is 14.0. The Morgan fingerprint density at radius 3 is 2.55 bits per heavy atom. The zero-order valence-corrected chi connectivity index (χ0v) is 19.0. The first-order valence-electron chi connectivity index (χ1n) is 12.6. The lowest BCUT2D eigenvalue weighted by Gasteiger charge is -2.62. The molecule has 0 N–H and O–H groups in total. The summed E-state index contributed by atoms with van der Waals surface area (Å²) in [5.74, 6) is 5.17. The molecule has 5 saturated carbocycles. The number of hydrogen-bond donors (Lipinski definition) is 0. The lowest BCUT2D eigenvalue weighted by atomic mass is 9.43. The van der Waals surface area contributed by atoms with Gasteiger partial charge in [-0.3, -0.25) is 4.79 Å². The SMILES string of the molecule is COCO[C@@H]1CC[C@]2(C)C3CC[C@@]45CCC[C@@H](C(C)=O)[C@H]4CCC5C3CC[C@H]2C1. The highest BCUT2D eigenvalue weighted by Gasteiger charge is 2.63. The maximum atomic E-state index is 12.4. The second kappa shape index (κ2) is 7.62. The number of hydrogen-bond acceptors (Lipinski definition) is 3. The van der Waals surface area contributed by atoms with Crippen LogP contribution in [0.2, 0.25) is 0 Å². The summed E-state index contributed by atoms with van der Waals surface area (Å²) in [6, 6.07) is 0. The topological polar surface area (TPSA) is 35.5 Å². The Morgan fingerprint density at radius 1 is 0.931 bits per heavy atom. The monoisotopic (exact) mass is 402 g/mol. The molecule has 9 atom stereocenters.